The Kier molecular flexibility index (Phi) is 6.54. The summed E-state index contributed by atoms with van der Waals surface area (Å²) in [6.07, 6.45) is 2.11. The van der Waals surface area contributed by atoms with Gasteiger partial charge in [-0.2, -0.15) is 0 Å². The Hall–Kier alpha value is -1.26. The first-order chi connectivity index (χ1) is 8.69. The molecule has 18 heavy (non-hydrogen) atoms. The Morgan fingerprint density at radius 3 is 2.67 bits per heavy atom. The second kappa shape index (κ2) is 7.95. The van der Waals surface area contributed by atoms with Gasteiger partial charge in [0.1, 0.15) is 11.5 Å². The van der Waals surface area contributed by atoms with Crippen molar-refractivity contribution in [3.05, 3.63) is 23.8 Å². The number of phenolic OH excluding ortho intramolecular Hbond substituents is 1. The van der Waals surface area contributed by atoms with E-state index in [0.29, 0.717) is 5.75 Å². The lowest BCUT2D eigenvalue weighted by Gasteiger charge is -2.16. The highest BCUT2D eigenvalue weighted by atomic mass is 16.5. The summed E-state index contributed by atoms with van der Waals surface area (Å²) >= 11 is 0. The normalized spacial score (nSPS) is 12.4. The summed E-state index contributed by atoms with van der Waals surface area (Å²) in [6.45, 7) is 3.75. The summed E-state index contributed by atoms with van der Waals surface area (Å²) in [5.41, 5.74) is 0.891. The van der Waals surface area contributed by atoms with Crippen molar-refractivity contribution in [2.45, 2.75) is 25.8 Å². The number of benzene rings is 1. The van der Waals surface area contributed by atoms with Crippen molar-refractivity contribution in [3.63, 3.8) is 0 Å². The van der Waals surface area contributed by atoms with Crippen molar-refractivity contribution in [3.8, 4) is 11.5 Å². The molecule has 4 nitrogen and oxygen atoms in total. The molecule has 0 fully saturated rings. The van der Waals surface area contributed by atoms with Crippen LogP contribution in [0.2, 0.25) is 0 Å². The molecule has 0 saturated heterocycles. The molecule has 0 amide bonds. The Bertz CT molecular complexity index is 355. The van der Waals surface area contributed by atoms with Crippen molar-refractivity contribution < 1.29 is 14.6 Å². The smallest absolute Gasteiger partial charge is 0.124 e. The highest BCUT2D eigenvalue weighted by Crippen LogP contribution is 2.28. The molecule has 0 radical (unpaired) electrons. The van der Waals surface area contributed by atoms with Gasteiger partial charge in [0.05, 0.1) is 7.11 Å². The largest absolute Gasteiger partial charge is 0.507 e. The van der Waals surface area contributed by atoms with Crippen molar-refractivity contribution in [2.24, 2.45) is 0 Å². The lowest BCUT2D eigenvalue weighted by atomic mass is 10.1. The number of rotatable bonds is 8. The summed E-state index contributed by atoms with van der Waals surface area (Å²) in [5.74, 6) is 0.940. The standard InChI is InChI=1S/C14H23NO3/c1-11(15-8-4-5-9-17-2)13-7-6-12(18-3)10-14(13)16/h6-7,10-11,15-16H,4-5,8-9H2,1-3H3. The second-order valence-corrected chi connectivity index (χ2v) is 4.30. The number of methoxy groups -OCH3 is 2. The van der Waals surface area contributed by atoms with E-state index in [4.69, 9.17) is 9.47 Å². The average molecular weight is 253 g/mol. The summed E-state index contributed by atoms with van der Waals surface area (Å²) in [4.78, 5) is 0. The SMILES string of the molecule is COCCCCNC(C)c1ccc(OC)cc1O. The van der Waals surface area contributed by atoms with Crippen LogP contribution in [0.3, 0.4) is 0 Å². The van der Waals surface area contributed by atoms with Crippen LogP contribution in [-0.4, -0.2) is 32.5 Å². The Balaban J connectivity index is 2.43. The van der Waals surface area contributed by atoms with E-state index >= 15 is 0 Å². The fourth-order valence-corrected chi connectivity index (χ4v) is 1.82. The molecule has 0 aliphatic heterocycles. The number of hydrogen-bond donors (Lipinski definition) is 2. The number of unbranched alkanes of at least 4 members (excludes halogenated alkanes) is 1. The van der Waals surface area contributed by atoms with Crippen LogP contribution in [0, 0.1) is 0 Å². The Morgan fingerprint density at radius 2 is 2.06 bits per heavy atom. The molecule has 0 saturated carbocycles. The third-order valence-electron chi connectivity index (χ3n) is 2.93. The first-order valence-electron chi connectivity index (χ1n) is 6.28. The molecule has 4 heteroatoms. The van der Waals surface area contributed by atoms with Gasteiger partial charge in [0, 0.05) is 31.4 Å². The molecule has 1 rings (SSSR count). The molecular weight excluding hydrogens is 230 g/mol. The Labute approximate surface area is 109 Å². The quantitative estimate of drug-likeness (QED) is 0.699. The minimum absolute atomic E-state index is 0.124. The first-order valence-corrected chi connectivity index (χ1v) is 6.28. The number of aromatic hydroxyl groups is 1. The van der Waals surface area contributed by atoms with Crippen LogP contribution in [0.25, 0.3) is 0 Å². The molecule has 0 spiro atoms. The summed E-state index contributed by atoms with van der Waals surface area (Å²) < 4.78 is 10.1. The molecule has 1 atom stereocenters. The molecule has 1 aromatic carbocycles. The topological polar surface area (TPSA) is 50.7 Å². The molecular formula is C14H23NO3. The van der Waals surface area contributed by atoms with Gasteiger partial charge >= 0.3 is 0 Å². The maximum Gasteiger partial charge on any atom is 0.124 e. The van der Waals surface area contributed by atoms with Crippen LogP contribution in [0.4, 0.5) is 0 Å². The maximum absolute atomic E-state index is 9.89. The minimum Gasteiger partial charge on any atom is -0.507 e. The van der Waals surface area contributed by atoms with Crippen LogP contribution in [0.1, 0.15) is 31.4 Å². The van der Waals surface area contributed by atoms with Crippen LogP contribution in [0.15, 0.2) is 18.2 Å². The highest BCUT2D eigenvalue weighted by Gasteiger charge is 2.10. The van der Waals surface area contributed by atoms with E-state index in [0.717, 1.165) is 31.6 Å². The van der Waals surface area contributed by atoms with Gasteiger partial charge in [-0.05, 0) is 32.4 Å². The zero-order valence-corrected chi connectivity index (χ0v) is 11.4. The third kappa shape index (κ3) is 4.55. The highest BCUT2D eigenvalue weighted by molar-refractivity contribution is 5.41. The van der Waals surface area contributed by atoms with E-state index in [1.54, 1.807) is 20.3 Å². The van der Waals surface area contributed by atoms with E-state index in [2.05, 4.69) is 5.32 Å². The van der Waals surface area contributed by atoms with Gasteiger partial charge in [0.2, 0.25) is 0 Å². The number of nitrogens with one attached hydrogen (secondary N) is 1. The zero-order chi connectivity index (χ0) is 13.4. The van der Waals surface area contributed by atoms with Crippen LogP contribution in [0.5, 0.6) is 11.5 Å². The van der Waals surface area contributed by atoms with Crippen LogP contribution in [-0.2, 0) is 4.74 Å². The molecule has 1 unspecified atom stereocenters. The van der Waals surface area contributed by atoms with E-state index in [9.17, 15) is 5.11 Å². The molecule has 0 aromatic heterocycles. The van der Waals surface area contributed by atoms with Gasteiger partial charge in [0.15, 0.2) is 0 Å². The molecule has 102 valence electrons. The second-order valence-electron chi connectivity index (χ2n) is 4.30. The molecule has 2 N–H and O–H groups in total. The van der Waals surface area contributed by atoms with Crippen LogP contribution >= 0.6 is 0 Å². The molecule has 0 bridgehead atoms. The number of ether oxygens (including phenoxy) is 2. The van der Waals surface area contributed by atoms with E-state index in [-0.39, 0.29) is 11.8 Å². The van der Waals surface area contributed by atoms with Crippen molar-refractivity contribution in [1.29, 1.82) is 0 Å². The predicted octanol–water partition coefficient (Wildman–Crippen LogP) is 2.48. The van der Waals surface area contributed by atoms with Gasteiger partial charge in [-0.3, -0.25) is 0 Å². The maximum atomic E-state index is 9.89. The lowest BCUT2D eigenvalue weighted by Crippen LogP contribution is -2.20. The van der Waals surface area contributed by atoms with E-state index < -0.39 is 0 Å². The summed E-state index contributed by atoms with van der Waals surface area (Å²) in [7, 11) is 3.30. The van der Waals surface area contributed by atoms with E-state index in [1.165, 1.54) is 0 Å². The van der Waals surface area contributed by atoms with Crippen LogP contribution < -0.4 is 10.1 Å². The van der Waals surface area contributed by atoms with Crippen molar-refractivity contribution >= 4 is 0 Å². The lowest BCUT2D eigenvalue weighted by molar-refractivity contribution is 0.192. The van der Waals surface area contributed by atoms with Gasteiger partial charge in [0.25, 0.3) is 0 Å². The predicted molar refractivity (Wildman–Crippen MR) is 72.2 cm³/mol. The fourth-order valence-electron chi connectivity index (χ4n) is 1.82. The number of phenols is 1. The van der Waals surface area contributed by atoms with Gasteiger partial charge in [-0.25, -0.2) is 0 Å². The minimum atomic E-state index is 0.124. The average Bonchev–Trinajstić information content (AvgIpc) is 2.38. The van der Waals surface area contributed by atoms with E-state index in [1.807, 2.05) is 19.1 Å². The van der Waals surface area contributed by atoms with Gasteiger partial charge in [-0.15, -0.1) is 0 Å². The molecule has 1 aromatic rings. The first kappa shape index (κ1) is 14.8. The Morgan fingerprint density at radius 1 is 1.28 bits per heavy atom. The number of hydrogen-bond acceptors (Lipinski definition) is 4. The van der Waals surface area contributed by atoms with Gasteiger partial charge in [-0.1, -0.05) is 6.07 Å². The third-order valence-corrected chi connectivity index (χ3v) is 2.93. The molecule has 0 heterocycles. The summed E-state index contributed by atoms with van der Waals surface area (Å²) in [5, 5.41) is 13.3. The van der Waals surface area contributed by atoms with Crippen molar-refractivity contribution in [1.82, 2.24) is 5.32 Å². The molecule has 0 aliphatic rings. The monoisotopic (exact) mass is 253 g/mol. The van der Waals surface area contributed by atoms with Gasteiger partial charge < -0.3 is 19.9 Å². The van der Waals surface area contributed by atoms with Crippen molar-refractivity contribution in [2.75, 3.05) is 27.4 Å². The summed E-state index contributed by atoms with van der Waals surface area (Å²) in [6, 6.07) is 5.51. The fraction of sp³-hybridized carbons (Fsp3) is 0.571. The molecule has 0 aliphatic carbocycles. The zero-order valence-electron chi connectivity index (χ0n) is 11.4.